The summed E-state index contributed by atoms with van der Waals surface area (Å²) in [5, 5.41) is 10.6. The Labute approximate surface area is 88.3 Å². The van der Waals surface area contributed by atoms with Crippen molar-refractivity contribution in [1.29, 1.82) is 0 Å². The molecule has 0 amide bonds. The molecule has 72 valence electrons. The summed E-state index contributed by atoms with van der Waals surface area (Å²) >= 11 is 11.7. The van der Waals surface area contributed by atoms with Gasteiger partial charge in [-0.05, 0) is 12.5 Å². The maximum Gasteiger partial charge on any atom is 0.0804 e. The summed E-state index contributed by atoms with van der Waals surface area (Å²) in [7, 11) is 0. The zero-order valence-corrected chi connectivity index (χ0v) is 8.94. The second-order valence-corrected chi connectivity index (χ2v) is 3.73. The molecule has 1 atom stereocenters. The number of benzene rings is 1. The van der Waals surface area contributed by atoms with Crippen LogP contribution in [-0.4, -0.2) is 5.11 Å². The van der Waals surface area contributed by atoms with Crippen molar-refractivity contribution in [2.45, 2.75) is 25.9 Å². The van der Waals surface area contributed by atoms with E-state index in [0.717, 1.165) is 12.0 Å². The highest BCUT2D eigenvalue weighted by Gasteiger charge is 2.11. The fourth-order valence-corrected chi connectivity index (χ4v) is 1.64. The Kier molecular flexibility index (Phi) is 4.04. The number of hydrogen-bond donors (Lipinski definition) is 1. The molecule has 0 aromatic heterocycles. The summed E-state index contributed by atoms with van der Waals surface area (Å²) in [6.45, 7) is 2.02. The Balaban J connectivity index is 2.93. The first kappa shape index (κ1) is 10.8. The molecule has 0 aliphatic carbocycles. The fraction of sp³-hybridized carbons (Fsp3) is 0.400. The van der Waals surface area contributed by atoms with Gasteiger partial charge in [0.2, 0.25) is 0 Å². The maximum absolute atomic E-state index is 9.68. The van der Waals surface area contributed by atoms with Crippen LogP contribution < -0.4 is 0 Å². The van der Waals surface area contributed by atoms with Crippen molar-refractivity contribution in [3.63, 3.8) is 0 Å². The molecule has 0 radical (unpaired) electrons. The van der Waals surface area contributed by atoms with Crippen molar-refractivity contribution < 1.29 is 5.11 Å². The summed E-state index contributed by atoms with van der Waals surface area (Å²) in [5.41, 5.74) is 0.719. The van der Waals surface area contributed by atoms with Crippen LogP contribution in [0.2, 0.25) is 10.0 Å². The molecule has 1 aromatic rings. The van der Waals surface area contributed by atoms with Crippen molar-refractivity contribution in [2.24, 2.45) is 0 Å². The van der Waals surface area contributed by atoms with Crippen LogP contribution in [0, 0.1) is 0 Å². The topological polar surface area (TPSA) is 20.2 Å². The first-order valence-corrected chi connectivity index (χ1v) is 5.04. The van der Waals surface area contributed by atoms with Crippen molar-refractivity contribution >= 4 is 23.2 Å². The minimum atomic E-state index is -0.504. The lowest BCUT2D eigenvalue weighted by atomic mass is 10.1. The number of halogens is 2. The number of aliphatic hydroxyl groups is 1. The van der Waals surface area contributed by atoms with Gasteiger partial charge in [0.1, 0.15) is 0 Å². The van der Waals surface area contributed by atoms with Gasteiger partial charge in [0.25, 0.3) is 0 Å². The van der Waals surface area contributed by atoms with Gasteiger partial charge in [-0.2, -0.15) is 0 Å². The van der Waals surface area contributed by atoms with Gasteiger partial charge in [-0.3, -0.25) is 0 Å². The molecule has 1 aromatic carbocycles. The van der Waals surface area contributed by atoms with Gasteiger partial charge in [0.05, 0.1) is 16.1 Å². The molecule has 0 fully saturated rings. The van der Waals surface area contributed by atoms with E-state index in [1.165, 1.54) is 0 Å². The van der Waals surface area contributed by atoms with Crippen LogP contribution >= 0.6 is 23.2 Å². The fourth-order valence-electron chi connectivity index (χ4n) is 1.21. The molecule has 0 bridgehead atoms. The molecule has 1 rings (SSSR count). The highest BCUT2D eigenvalue weighted by molar-refractivity contribution is 6.42. The van der Waals surface area contributed by atoms with E-state index in [2.05, 4.69) is 0 Å². The van der Waals surface area contributed by atoms with E-state index in [-0.39, 0.29) is 0 Å². The molecule has 1 nitrogen and oxygen atoms in total. The Bertz CT molecular complexity index is 286. The third-order valence-electron chi connectivity index (χ3n) is 1.90. The van der Waals surface area contributed by atoms with E-state index < -0.39 is 6.10 Å². The second-order valence-electron chi connectivity index (χ2n) is 2.95. The average Bonchev–Trinajstić information content (AvgIpc) is 2.10. The molecule has 3 heteroatoms. The van der Waals surface area contributed by atoms with Crippen LogP contribution in [0.4, 0.5) is 0 Å². The lowest BCUT2D eigenvalue weighted by Gasteiger charge is -2.11. The van der Waals surface area contributed by atoms with Crippen molar-refractivity contribution in [3.05, 3.63) is 33.8 Å². The Morgan fingerprint density at radius 2 is 2.08 bits per heavy atom. The van der Waals surface area contributed by atoms with Crippen molar-refractivity contribution in [2.75, 3.05) is 0 Å². The van der Waals surface area contributed by atoms with Crippen LogP contribution in [0.3, 0.4) is 0 Å². The van der Waals surface area contributed by atoms with Crippen LogP contribution in [0.25, 0.3) is 0 Å². The molecule has 0 spiro atoms. The first-order chi connectivity index (χ1) is 6.16. The minimum absolute atomic E-state index is 0.463. The summed E-state index contributed by atoms with van der Waals surface area (Å²) in [5.74, 6) is 0. The molecular weight excluding hydrogens is 207 g/mol. The van der Waals surface area contributed by atoms with Crippen molar-refractivity contribution in [1.82, 2.24) is 0 Å². The van der Waals surface area contributed by atoms with E-state index in [0.29, 0.717) is 16.5 Å². The van der Waals surface area contributed by atoms with Gasteiger partial charge in [-0.25, -0.2) is 0 Å². The second kappa shape index (κ2) is 4.85. The SMILES string of the molecule is CCCC(O)c1cccc(Cl)c1Cl. The third kappa shape index (κ3) is 2.60. The van der Waals surface area contributed by atoms with Crippen LogP contribution in [-0.2, 0) is 0 Å². The van der Waals surface area contributed by atoms with E-state index in [1.807, 2.05) is 6.92 Å². The standard InChI is InChI=1S/C10H12Cl2O/c1-2-4-9(13)7-5-3-6-8(11)10(7)12/h3,5-6,9,13H,2,4H2,1H3. The van der Waals surface area contributed by atoms with E-state index in [4.69, 9.17) is 23.2 Å². The monoisotopic (exact) mass is 218 g/mol. The highest BCUT2D eigenvalue weighted by Crippen LogP contribution is 2.31. The predicted molar refractivity (Wildman–Crippen MR) is 56.3 cm³/mol. The Morgan fingerprint density at radius 3 is 2.69 bits per heavy atom. The van der Waals surface area contributed by atoms with Gasteiger partial charge < -0.3 is 5.11 Å². The number of hydrogen-bond acceptors (Lipinski definition) is 1. The lowest BCUT2D eigenvalue weighted by Crippen LogP contribution is -1.97. The minimum Gasteiger partial charge on any atom is -0.388 e. The summed E-state index contributed by atoms with van der Waals surface area (Å²) < 4.78 is 0. The molecular formula is C10H12Cl2O. The van der Waals surface area contributed by atoms with E-state index in [1.54, 1.807) is 18.2 Å². The molecule has 0 aliphatic rings. The van der Waals surface area contributed by atoms with Gasteiger partial charge >= 0.3 is 0 Å². The van der Waals surface area contributed by atoms with Gasteiger partial charge in [-0.1, -0.05) is 48.7 Å². The zero-order valence-electron chi connectivity index (χ0n) is 7.43. The quantitative estimate of drug-likeness (QED) is 0.818. The van der Waals surface area contributed by atoms with E-state index in [9.17, 15) is 5.11 Å². The molecule has 0 saturated carbocycles. The number of rotatable bonds is 3. The largest absolute Gasteiger partial charge is 0.388 e. The van der Waals surface area contributed by atoms with Crippen molar-refractivity contribution in [3.8, 4) is 0 Å². The average molecular weight is 219 g/mol. The van der Waals surface area contributed by atoms with Crippen LogP contribution in [0.1, 0.15) is 31.4 Å². The Hall–Kier alpha value is -0.240. The highest BCUT2D eigenvalue weighted by atomic mass is 35.5. The van der Waals surface area contributed by atoms with Gasteiger partial charge in [0, 0.05) is 5.56 Å². The zero-order chi connectivity index (χ0) is 9.84. The molecule has 1 N–H and O–H groups in total. The van der Waals surface area contributed by atoms with Crippen LogP contribution in [0.15, 0.2) is 18.2 Å². The van der Waals surface area contributed by atoms with Gasteiger partial charge in [-0.15, -0.1) is 0 Å². The number of aliphatic hydroxyl groups excluding tert-OH is 1. The molecule has 13 heavy (non-hydrogen) atoms. The molecule has 0 aliphatic heterocycles. The summed E-state index contributed by atoms with van der Waals surface area (Å²) in [6, 6.07) is 5.31. The molecule has 0 saturated heterocycles. The maximum atomic E-state index is 9.68. The lowest BCUT2D eigenvalue weighted by molar-refractivity contribution is 0.166. The summed E-state index contributed by atoms with van der Waals surface area (Å²) in [4.78, 5) is 0. The summed E-state index contributed by atoms with van der Waals surface area (Å²) in [6.07, 6.45) is 1.13. The first-order valence-electron chi connectivity index (χ1n) is 4.28. The van der Waals surface area contributed by atoms with Crippen LogP contribution in [0.5, 0.6) is 0 Å². The predicted octanol–water partition coefficient (Wildman–Crippen LogP) is 3.83. The molecule has 1 unspecified atom stereocenters. The molecule has 0 heterocycles. The Morgan fingerprint density at radius 1 is 1.38 bits per heavy atom. The normalized spacial score (nSPS) is 12.9. The third-order valence-corrected chi connectivity index (χ3v) is 2.74. The smallest absolute Gasteiger partial charge is 0.0804 e. The van der Waals surface area contributed by atoms with E-state index >= 15 is 0 Å². The van der Waals surface area contributed by atoms with Gasteiger partial charge in [0.15, 0.2) is 0 Å².